The van der Waals surface area contributed by atoms with Gasteiger partial charge in [-0.2, -0.15) is 0 Å². The number of hydrogen-bond donors (Lipinski definition) is 1. The van der Waals surface area contributed by atoms with E-state index in [2.05, 4.69) is 9.97 Å². The molecule has 0 amide bonds. The van der Waals surface area contributed by atoms with E-state index in [1.807, 2.05) is 0 Å². The number of benzene rings is 1. The van der Waals surface area contributed by atoms with Crippen LogP contribution in [0, 0.1) is 5.82 Å². The molecule has 0 unspecified atom stereocenters. The topological polar surface area (TPSA) is 55.0 Å². The largest absolute Gasteiger partial charge is 0.494 e. The molecule has 0 aliphatic carbocycles. The minimum atomic E-state index is -0.520. The fourth-order valence-electron chi connectivity index (χ4n) is 1.39. The van der Waals surface area contributed by atoms with Crippen molar-refractivity contribution in [3.05, 3.63) is 46.8 Å². The first kappa shape index (κ1) is 10.4. The van der Waals surface area contributed by atoms with Crippen LogP contribution >= 0.6 is 0 Å². The maximum Gasteiger partial charge on any atom is 0.266 e. The molecule has 0 fully saturated rings. The average molecular weight is 220 g/mol. The Hall–Kier alpha value is -2.17. The zero-order chi connectivity index (χ0) is 11.5. The van der Waals surface area contributed by atoms with Gasteiger partial charge < -0.3 is 9.72 Å². The molecule has 2 rings (SSSR count). The number of nitrogens with one attached hydrogen (secondary N) is 1. The molecule has 82 valence electrons. The number of H-pyrrole nitrogens is 1. The monoisotopic (exact) mass is 220 g/mol. The lowest BCUT2D eigenvalue weighted by molar-refractivity contribution is 0.387. The van der Waals surface area contributed by atoms with Gasteiger partial charge in [-0.15, -0.1) is 0 Å². The van der Waals surface area contributed by atoms with E-state index >= 15 is 0 Å². The van der Waals surface area contributed by atoms with Gasteiger partial charge in [0.25, 0.3) is 5.56 Å². The first-order chi connectivity index (χ1) is 7.72. The van der Waals surface area contributed by atoms with E-state index in [0.29, 0.717) is 5.69 Å². The summed E-state index contributed by atoms with van der Waals surface area (Å²) in [6.07, 6.45) is 2.51. The molecular weight excluding hydrogens is 211 g/mol. The summed E-state index contributed by atoms with van der Waals surface area (Å²) in [4.78, 5) is 17.3. The summed E-state index contributed by atoms with van der Waals surface area (Å²) >= 11 is 0. The van der Waals surface area contributed by atoms with Gasteiger partial charge >= 0.3 is 0 Å². The lowest BCUT2D eigenvalue weighted by Crippen LogP contribution is -2.06. The van der Waals surface area contributed by atoms with Crippen molar-refractivity contribution < 1.29 is 9.13 Å². The third kappa shape index (κ3) is 1.79. The molecular formula is C11H9FN2O2. The number of halogens is 1. The first-order valence-corrected chi connectivity index (χ1v) is 4.59. The third-order valence-corrected chi connectivity index (χ3v) is 2.13. The summed E-state index contributed by atoms with van der Waals surface area (Å²) < 4.78 is 18.7. The van der Waals surface area contributed by atoms with Crippen LogP contribution in [0.1, 0.15) is 0 Å². The van der Waals surface area contributed by atoms with E-state index in [4.69, 9.17) is 4.74 Å². The second-order valence-corrected chi connectivity index (χ2v) is 3.13. The SMILES string of the molecule is COc1cccc(-c2cncc(=O)[nH]2)c1F. The van der Waals surface area contributed by atoms with E-state index in [1.165, 1.54) is 19.4 Å². The van der Waals surface area contributed by atoms with Crippen LogP contribution in [0.4, 0.5) is 4.39 Å². The highest BCUT2D eigenvalue weighted by molar-refractivity contribution is 5.61. The molecule has 1 N–H and O–H groups in total. The Morgan fingerprint density at radius 1 is 1.38 bits per heavy atom. The van der Waals surface area contributed by atoms with Gasteiger partial charge in [0.05, 0.1) is 25.2 Å². The molecule has 0 saturated carbocycles. The van der Waals surface area contributed by atoms with Crippen LogP contribution in [0.25, 0.3) is 11.3 Å². The maximum atomic E-state index is 13.8. The van der Waals surface area contributed by atoms with Crippen molar-refractivity contribution >= 4 is 0 Å². The molecule has 2 aromatic rings. The van der Waals surface area contributed by atoms with Crippen LogP contribution < -0.4 is 10.3 Å². The molecule has 16 heavy (non-hydrogen) atoms. The molecule has 5 heteroatoms. The first-order valence-electron chi connectivity index (χ1n) is 4.59. The Balaban J connectivity index is 2.60. The number of methoxy groups -OCH3 is 1. The van der Waals surface area contributed by atoms with E-state index in [1.54, 1.807) is 12.1 Å². The number of hydrogen-bond acceptors (Lipinski definition) is 3. The average Bonchev–Trinajstić information content (AvgIpc) is 2.29. The molecule has 0 bridgehead atoms. The fourth-order valence-corrected chi connectivity index (χ4v) is 1.39. The highest BCUT2D eigenvalue weighted by Gasteiger charge is 2.10. The molecule has 4 nitrogen and oxygen atoms in total. The Kier molecular flexibility index (Phi) is 2.68. The Morgan fingerprint density at radius 3 is 2.88 bits per heavy atom. The molecule has 0 saturated heterocycles. The highest BCUT2D eigenvalue weighted by Crippen LogP contribution is 2.26. The van der Waals surface area contributed by atoms with Crippen molar-refractivity contribution in [2.75, 3.05) is 7.11 Å². The van der Waals surface area contributed by atoms with Crippen LogP contribution in [0.2, 0.25) is 0 Å². The van der Waals surface area contributed by atoms with Crippen molar-refractivity contribution in [2.45, 2.75) is 0 Å². The molecule has 0 atom stereocenters. The van der Waals surface area contributed by atoms with Crippen LogP contribution in [0.3, 0.4) is 0 Å². The minimum Gasteiger partial charge on any atom is -0.494 e. The Labute approximate surface area is 90.7 Å². The molecule has 1 heterocycles. The predicted octanol–water partition coefficient (Wildman–Crippen LogP) is 1.58. The van der Waals surface area contributed by atoms with Crippen molar-refractivity contribution in [1.29, 1.82) is 0 Å². The van der Waals surface area contributed by atoms with Crippen LogP contribution in [0.15, 0.2) is 35.4 Å². The maximum absolute atomic E-state index is 13.8. The highest BCUT2D eigenvalue weighted by atomic mass is 19.1. The number of rotatable bonds is 2. The summed E-state index contributed by atoms with van der Waals surface area (Å²) in [5, 5.41) is 0. The van der Waals surface area contributed by atoms with Crippen molar-refractivity contribution in [3.8, 4) is 17.0 Å². The van der Waals surface area contributed by atoms with E-state index in [-0.39, 0.29) is 16.9 Å². The number of aromatic amines is 1. The summed E-state index contributed by atoms with van der Waals surface area (Å²) in [5.41, 5.74) is 0.202. The van der Waals surface area contributed by atoms with Gasteiger partial charge in [-0.3, -0.25) is 9.78 Å². The molecule has 0 radical (unpaired) electrons. The summed E-state index contributed by atoms with van der Waals surface area (Å²) in [6.45, 7) is 0. The van der Waals surface area contributed by atoms with Crippen LogP contribution in [0.5, 0.6) is 5.75 Å². The standard InChI is InChI=1S/C11H9FN2O2/c1-16-9-4-2-3-7(11(9)12)8-5-13-6-10(15)14-8/h2-6H,1H3,(H,14,15). The number of nitrogens with zero attached hydrogens (tertiary/aromatic N) is 1. The second-order valence-electron chi connectivity index (χ2n) is 3.13. The van der Waals surface area contributed by atoms with Gasteiger partial charge in [0.15, 0.2) is 11.6 Å². The minimum absolute atomic E-state index is 0.127. The molecule has 1 aromatic heterocycles. The zero-order valence-electron chi connectivity index (χ0n) is 8.53. The van der Waals surface area contributed by atoms with Gasteiger partial charge in [-0.1, -0.05) is 6.07 Å². The zero-order valence-corrected chi connectivity index (χ0v) is 8.53. The lowest BCUT2D eigenvalue weighted by Gasteiger charge is -2.06. The van der Waals surface area contributed by atoms with E-state index < -0.39 is 5.82 Å². The van der Waals surface area contributed by atoms with Crippen molar-refractivity contribution in [2.24, 2.45) is 0 Å². The van der Waals surface area contributed by atoms with Gasteiger partial charge in [-0.25, -0.2) is 4.39 Å². The predicted molar refractivity (Wildman–Crippen MR) is 56.8 cm³/mol. The summed E-state index contributed by atoms with van der Waals surface area (Å²) in [7, 11) is 1.38. The van der Waals surface area contributed by atoms with E-state index in [9.17, 15) is 9.18 Å². The van der Waals surface area contributed by atoms with Crippen LogP contribution in [-0.4, -0.2) is 17.1 Å². The number of aromatic nitrogens is 2. The van der Waals surface area contributed by atoms with Crippen molar-refractivity contribution in [3.63, 3.8) is 0 Å². The van der Waals surface area contributed by atoms with Gasteiger partial charge in [0, 0.05) is 5.56 Å². The lowest BCUT2D eigenvalue weighted by atomic mass is 10.1. The summed E-state index contributed by atoms with van der Waals surface area (Å²) in [6, 6.07) is 4.70. The quantitative estimate of drug-likeness (QED) is 0.836. The van der Waals surface area contributed by atoms with Gasteiger partial charge in [0.1, 0.15) is 0 Å². The third-order valence-electron chi connectivity index (χ3n) is 2.13. The molecule has 0 spiro atoms. The molecule has 1 aromatic carbocycles. The van der Waals surface area contributed by atoms with E-state index in [0.717, 1.165) is 6.20 Å². The molecule has 0 aliphatic heterocycles. The smallest absolute Gasteiger partial charge is 0.266 e. The summed E-state index contributed by atoms with van der Waals surface area (Å²) in [5.74, 6) is -0.393. The molecule has 0 aliphatic rings. The van der Waals surface area contributed by atoms with Crippen LogP contribution in [-0.2, 0) is 0 Å². The Morgan fingerprint density at radius 2 is 2.19 bits per heavy atom. The van der Waals surface area contributed by atoms with Crippen molar-refractivity contribution in [1.82, 2.24) is 9.97 Å². The number of ether oxygens (including phenoxy) is 1. The normalized spacial score (nSPS) is 10.1. The Bertz CT molecular complexity index is 566. The fraction of sp³-hybridized carbons (Fsp3) is 0.0909. The second kappa shape index (κ2) is 4.14. The van der Waals surface area contributed by atoms with Gasteiger partial charge in [0.2, 0.25) is 0 Å². The van der Waals surface area contributed by atoms with Gasteiger partial charge in [-0.05, 0) is 12.1 Å².